The summed E-state index contributed by atoms with van der Waals surface area (Å²) in [5, 5.41) is 0. The lowest BCUT2D eigenvalue weighted by Crippen LogP contribution is -2.02. The second-order valence-corrected chi connectivity index (χ2v) is 4.75. The first-order valence-corrected chi connectivity index (χ1v) is 5.74. The predicted molar refractivity (Wildman–Crippen MR) is 73.0 cm³/mol. The van der Waals surface area contributed by atoms with E-state index < -0.39 is 0 Å². The second kappa shape index (κ2) is 9.16. The van der Waals surface area contributed by atoms with Gasteiger partial charge in [0.2, 0.25) is 0 Å². The highest BCUT2D eigenvalue weighted by Gasteiger charge is 1.95. The quantitative estimate of drug-likeness (QED) is 0.771. The number of nitrogens with two attached hydrogens (primary N) is 2. The van der Waals surface area contributed by atoms with Gasteiger partial charge in [0.1, 0.15) is 5.82 Å². The van der Waals surface area contributed by atoms with Crippen molar-refractivity contribution in [1.82, 2.24) is 4.98 Å². The summed E-state index contributed by atoms with van der Waals surface area (Å²) in [6, 6.07) is 3.68. The molecule has 0 radical (unpaired) electrons. The van der Waals surface area contributed by atoms with Gasteiger partial charge in [0, 0.05) is 18.3 Å². The molecule has 0 atom stereocenters. The number of pyridine rings is 1. The Balaban J connectivity index is 0. The summed E-state index contributed by atoms with van der Waals surface area (Å²) in [5.41, 5.74) is 12.2. The van der Waals surface area contributed by atoms with E-state index in [0.29, 0.717) is 17.8 Å². The van der Waals surface area contributed by atoms with Gasteiger partial charge in [0.05, 0.1) is 0 Å². The molecule has 16 heavy (non-hydrogen) atoms. The molecule has 4 N–H and O–H groups in total. The Labute approximate surface area is 100 Å². The highest BCUT2D eigenvalue weighted by atomic mass is 14.8. The van der Waals surface area contributed by atoms with Crippen molar-refractivity contribution in [3.8, 4) is 0 Å². The summed E-state index contributed by atoms with van der Waals surface area (Å²) in [5.74, 6) is 0.528. The van der Waals surface area contributed by atoms with E-state index in [1.165, 1.54) is 0 Å². The molecular weight excluding hydrogens is 198 g/mol. The molecule has 0 amide bonds. The molecule has 94 valence electrons. The van der Waals surface area contributed by atoms with Crippen LogP contribution in [0.1, 0.15) is 47.1 Å². The molecule has 3 nitrogen and oxygen atoms in total. The smallest absolute Gasteiger partial charge is 0.127 e. The molecule has 1 rings (SSSR count). The minimum atomic E-state index is 0.458. The maximum Gasteiger partial charge on any atom is 0.127 e. The number of nitrogens with zero attached hydrogens (tertiary/aromatic N) is 1. The van der Waals surface area contributed by atoms with E-state index >= 15 is 0 Å². The molecule has 0 bridgehead atoms. The molecule has 0 aromatic carbocycles. The first-order chi connectivity index (χ1) is 7.34. The maximum absolute atomic E-state index is 5.44. The summed E-state index contributed by atoms with van der Waals surface area (Å²) >= 11 is 0. The lowest BCUT2D eigenvalue weighted by atomic mass is 10.0. The Bertz CT molecular complexity index is 258. The van der Waals surface area contributed by atoms with Gasteiger partial charge in [0.25, 0.3) is 0 Å². The van der Waals surface area contributed by atoms with Crippen LogP contribution >= 0.6 is 0 Å². The predicted octanol–water partition coefficient (Wildman–Crippen LogP) is 3.20. The van der Waals surface area contributed by atoms with E-state index in [9.17, 15) is 0 Å². The fourth-order valence-electron chi connectivity index (χ4n) is 0.623. The summed E-state index contributed by atoms with van der Waals surface area (Å²) in [6.45, 7) is 13.2. The van der Waals surface area contributed by atoms with Gasteiger partial charge >= 0.3 is 0 Å². The lowest BCUT2D eigenvalue weighted by molar-refractivity contribution is 0.469. The van der Waals surface area contributed by atoms with E-state index in [1.807, 2.05) is 26.0 Å². The Morgan fingerprint density at radius 2 is 1.62 bits per heavy atom. The molecule has 1 aromatic rings. The van der Waals surface area contributed by atoms with Crippen LogP contribution < -0.4 is 11.5 Å². The Morgan fingerprint density at radius 1 is 1.19 bits per heavy atom. The fraction of sp³-hybridized carbons (Fsp3) is 0.615. The van der Waals surface area contributed by atoms with Crippen LogP contribution in [0, 0.1) is 5.41 Å². The molecule has 3 heteroatoms. The van der Waals surface area contributed by atoms with Crippen molar-refractivity contribution in [2.45, 2.75) is 48.1 Å². The second-order valence-electron chi connectivity index (χ2n) is 4.75. The standard InChI is InChI=1S/C6H9N3.C5H12.C2H6/c7-4-5-2-1-3-9-6(5)8;1-5(2,3)4;1-2/h1-3H,4,7H2,(H2,8,9);1-4H3;1-2H3. The summed E-state index contributed by atoms with van der Waals surface area (Å²) in [7, 11) is 0. The van der Waals surface area contributed by atoms with E-state index in [0.717, 1.165) is 5.56 Å². The van der Waals surface area contributed by atoms with Crippen molar-refractivity contribution < 1.29 is 0 Å². The third-order valence-electron chi connectivity index (χ3n) is 1.15. The van der Waals surface area contributed by atoms with Gasteiger partial charge in [-0.1, -0.05) is 47.6 Å². The molecular formula is C13H27N3. The third kappa shape index (κ3) is 12.9. The molecule has 0 unspecified atom stereocenters. The van der Waals surface area contributed by atoms with Crippen LogP contribution in [0.3, 0.4) is 0 Å². The summed E-state index contributed by atoms with van der Waals surface area (Å²) < 4.78 is 0. The van der Waals surface area contributed by atoms with Crippen molar-refractivity contribution in [3.05, 3.63) is 23.9 Å². The van der Waals surface area contributed by atoms with Crippen LogP contribution in [0.5, 0.6) is 0 Å². The number of hydrogen-bond donors (Lipinski definition) is 2. The highest BCUT2D eigenvalue weighted by Crippen LogP contribution is 2.08. The molecule has 0 saturated carbocycles. The zero-order valence-corrected chi connectivity index (χ0v) is 11.5. The van der Waals surface area contributed by atoms with Gasteiger partial charge in [-0.2, -0.15) is 0 Å². The first kappa shape index (κ1) is 17.3. The third-order valence-corrected chi connectivity index (χ3v) is 1.15. The molecule has 0 aliphatic carbocycles. The fourth-order valence-corrected chi connectivity index (χ4v) is 0.623. The van der Waals surface area contributed by atoms with E-state index in [4.69, 9.17) is 11.5 Å². The van der Waals surface area contributed by atoms with Gasteiger partial charge < -0.3 is 11.5 Å². The van der Waals surface area contributed by atoms with Gasteiger partial charge in [-0.15, -0.1) is 0 Å². The Kier molecular flexibility index (Phi) is 9.91. The number of anilines is 1. The van der Waals surface area contributed by atoms with Crippen molar-refractivity contribution in [1.29, 1.82) is 0 Å². The normalized spacial score (nSPS) is 9.44. The highest BCUT2D eigenvalue weighted by molar-refractivity contribution is 5.37. The Morgan fingerprint density at radius 3 is 1.88 bits per heavy atom. The number of nitrogen functional groups attached to an aromatic ring is 1. The molecule has 1 heterocycles. The number of aromatic nitrogens is 1. The zero-order valence-electron chi connectivity index (χ0n) is 11.5. The van der Waals surface area contributed by atoms with Crippen molar-refractivity contribution in [2.75, 3.05) is 5.73 Å². The van der Waals surface area contributed by atoms with Crippen LogP contribution in [-0.2, 0) is 6.54 Å². The number of hydrogen-bond acceptors (Lipinski definition) is 3. The van der Waals surface area contributed by atoms with E-state index in [2.05, 4.69) is 32.7 Å². The average molecular weight is 225 g/mol. The minimum Gasteiger partial charge on any atom is -0.383 e. The van der Waals surface area contributed by atoms with Crippen molar-refractivity contribution >= 4 is 5.82 Å². The summed E-state index contributed by atoms with van der Waals surface area (Å²) in [4.78, 5) is 3.85. The molecule has 0 saturated heterocycles. The van der Waals surface area contributed by atoms with Crippen molar-refractivity contribution in [3.63, 3.8) is 0 Å². The first-order valence-electron chi connectivity index (χ1n) is 5.74. The van der Waals surface area contributed by atoms with Crippen molar-refractivity contribution in [2.24, 2.45) is 11.1 Å². The van der Waals surface area contributed by atoms with E-state index in [1.54, 1.807) is 6.20 Å². The van der Waals surface area contributed by atoms with Gasteiger partial charge in [-0.05, 0) is 11.5 Å². The lowest BCUT2D eigenvalue weighted by Gasteiger charge is -2.05. The number of rotatable bonds is 1. The monoisotopic (exact) mass is 225 g/mol. The van der Waals surface area contributed by atoms with Gasteiger partial charge in [-0.25, -0.2) is 4.98 Å². The SMILES string of the molecule is CC.CC(C)(C)C.NCc1cccnc1N. The van der Waals surface area contributed by atoms with E-state index in [-0.39, 0.29) is 0 Å². The van der Waals surface area contributed by atoms with Crippen LogP contribution in [0.25, 0.3) is 0 Å². The Hall–Kier alpha value is -1.09. The molecule has 0 aliphatic heterocycles. The maximum atomic E-state index is 5.44. The zero-order chi connectivity index (χ0) is 13.2. The molecule has 1 aromatic heterocycles. The van der Waals surface area contributed by atoms with Crippen LogP contribution in [-0.4, -0.2) is 4.98 Å². The molecule has 0 fully saturated rings. The molecule has 0 aliphatic rings. The van der Waals surface area contributed by atoms with Gasteiger partial charge in [0.15, 0.2) is 0 Å². The molecule has 0 spiro atoms. The van der Waals surface area contributed by atoms with Crippen LogP contribution in [0.15, 0.2) is 18.3 Å². The summed E-state index contributed by atoms with van der Waals surface area (Å²) in [6.07, 6.45) is 1.65. The van der Waals surface area contributed by atoms with Crippen LogP contribution in [0.4, 0.5) is 5.82 Å². The minimum absolute atomic E-state index is 0.458. The topological polar surface area (TPSA) is 64.9 Å². The van der Waals surface area contributed by atoms with Crippen LogP contribution in [0.2, 0.25) is 0 Å². The average Bonchev–Trinajstić information content (AvgIpc) is 2.19. The van der Waals surface area contributed by atoms with Gasteiger partial charge in [-0.3, -0.25) is 0 Å². The largest absolute Gasteiger partial charge is 0.383 e.